The molecule has 10 heteroatoms. The van der Waals surface area contributed by atoms with Crippen molar-refractivity contribution in [3.8, 4) is 5.69 Å². The van der Waals surface area contributed by atoms with E-state index in [0.717, 1.165) is 11.4 Å². The van der Waals surface area contributed by atoms with Crippen LogP contribution in [-0.4, -0.2) is 57.9 Å². The fraction of sp³-hybridized carbons (Fsp3) is 0.444. The molecular weight excluding hydrogens is 382 g/mol. The van der Waals surface area contributed by atoms with Crippen molar-refractivity contribution in [3.63, 3.8) is 0 Å². The first-order chi connectivity index (χ1) is 13.2. The number of ether oxygens (including phenoxy) is 1. The number of nitrogens with zero attached hydrogens (tertiary/aromatic N) is 3. The minimum atomic E-state index is -4.82. The summed E-state index contributed by atoms with van der Waals surface area (Å²) in [5, 5.41) is 13.4. The van der Waals surface area contributed by atoms with Gasteiger partial charge < -0.3 is 14.7 Å². The second kappa shape index (κ2) is 6.77. The average molecular weight is 399 g/mol. The first kappa shape index (κ1) is 18.7. The lowest BCUT2D eigenvalue weighted by Gasteiger charge is -2.21. The van der Waals surface area contributed by atoms with E-state index in [1.54, 1.807) is 23.0 Å². The van der Waals surface area contributed by atoms with E-state index in [0.29, 0.717) is 13.1 Å². The zero-order valence-electron chi connectivity index (χ0n) is 14.5. The molecular formula is C18H17F4N3O3. The third kappa shape index (κ3) is 3.56. The number of hydrogen-bond acceptors (Lipinski definition) is 4. The van der Waals surface area contributed by atoms with Gasteiger partial charge in [0.05, 0.1) is 11.4 Å². The number of aromatic nitrogens is 2. The molecule has 150 valence electrons. The molecule has 1 saturated carbocycles. The van der Waals surface area contributed by atoms with Crippen molar-refractivity contribution in [1.82, 2.24) is 14.7 Å². The van der Waals surface area contributed by atoms with Gasteiger partial charge in [-0.05, 0) is 42.2 Å². The van der Waals surface area contributed by atoms with Crippen LogP contribution in [0, 0.1) is 17.7 Å². The van der Waals surface area contributed by atoms with Crippen molar-refractivity contribution in [1.29, 1.82) is 0 Å². The number of alkyl halides is 3. The maximum Gasteiger partial charge on any atom is 0.417 e. The molecule has 1 aliphatic carbocycles. The number of piperidine rings is 1. The van der Waals surface area contributed by atoms with Crippen molar-refractivity contribution >= 4 is 6.09 Å². The number of fused-ring (bicyclic) bond motifs is 1. The third-order valence-electron chi connectivity index (χ3n) is 5.24. The number of benzene rings is 1. The highest BCUT2D eigenvalue weighted by molar-refractivity contribution is 5.68. The molecule has 1 saturated heterocycles. The third-order valence-corrected chi connectivity index (χ3v) is 5.24. The van der Waals surface area contributed by atoms with E-state index in [2.05, 4.69) is 9.84 Å². The van der Waals surface area contributed by atoms with Gasteiger partial charge in [-0.25, -0.2) is 13.9 Å². The largest absolute Gasteiger partial charge is 0.446 e. The molecule has 28 heavy (non-hydrogen) atoms. The SMILES string of the molecule is O=C(OC[C@@H](O)C(F)(F)F)N1C[C@@H]2C(c3ccn(-c4ccc(F)cc4)n3)[C@@H]2C1. The van der Waals surface area contributed by atoms with Gasteiger partial charge in [-0.3, -0.25) is 0 Å². The predicted octanol–water partition coefficient (Wildman–Crippen LogP) is 2.72. The molecule has 0 bridgehead atoms. The number of aliphatic hydroxyl groups is 1. The number of aliphatic hydroxyl groups excluding tert-OH is 1. The lowest BCUT2D eigenvalue weighted by atomic mass is 10.2. The molecule has 4 rings (SSSR count). The van der Waals surface area contributed by atoms with Gasteiger partial charge in [0.1, 0.15) is 12.4 Å². The summed E-state index contributed by atoms with van der Waals surface area (Å²) in [6.45, 7) is -0.362. The summed E-state index contributed by atoms with van der Waals surface area (Å²) in [5.74, 6) is 0.197. The Kier molecular flexibility index (Phi) is 4.53. The van der Waals surface area contributed by atoms with Crippen LogP contribution < -0.4 is 0 Å². The van der Waals surface area contributed by atoms with Gasteiger partial charge in [-0.1, -0.05) is 0 Å². The van der Waals surface area contributed by atoms with E-state index >= 15 is 0 Å². The van der Waals surface area contributed by atoms with E-state index in [1.165, 1.54) is 17.0 Å². The predicted molar refractivity (Wildman–Crippen MR) is 88.2 cm³/mol. The Labute approximate surface area is 157 Å². The highest BCUT2D eigenvalue weighted by atomic mass is 19.4. The molecule has 1 N–H and O–H groups in total. The minimum Gasteiger partial charge on any atom is -0.446 e. The van der Waals surface area contributed by atoms with Crippen molar-refractivity contribution in [2.24, 2.45) is 11.8 Å². The standard InChI is InChI=1S/C18H17F4N3O3/c19-10-1-3-11(4-2-10)25-6-5-14(23-25)16-12-7-24(8-13(12)16)17(27)28-9-15(26)18(20,21)22/h1-6,12-13,15-16,26H,7-9H2/t12-,13+,15-,16?/m1/s1. The van der Waals surface area contributed by atoms with Gasteiger partial charge in [-0.2, -0.15) is 18.3 Å². The summed E-state index contributed by atoms with van der Waals surface area (Å²) in [6.07, 6.45) is -6.58. The fourth-order valence-corrected chi connectivity index (χ4v) is 3.70. The van der Waals surface area contributed by atoms with Crippen LogP contribution in [-0.2, 0) is 4.74 Å². The monoisotopic (exact) mass is 399 g/mol. The molecule has 0 radical (unpaired) electrons. The smallest absolute Gasteiger partial charge is 0.417 e. The molecule has 1 unspecified atom stereocenters. The number of rotatable bonds is 4. The summed E-state index contributed by atoms with van der Waals surface area (Å²) < 4.78 is 56.0. The van der Waals surface area contributed by atoms with E-state index in [1.807, 2.05) is 6.07 Å². The first-order valence-corrected chi connectivity index (χ1v) is 8.72. The number of amides is 1. The Morgan fingerprint density at radius 2 is 1.86 bits per heavy atom. The number of carbonyl (C=O) groups excluding carboxylic acids is 1. The van der Waals surface area contributed by atoms with E-state index in [4.69, 9.17) is 5.11 Å². The Balaban J connectivity index is 1.31. The quantitative estimate of drug-likeness (QED) is 0.803. The lowest BCUT2D eigenvalue weighted by molar-refractivity contribution is -0.213. The molecule has 6 nitrogen and oxygen atoms in total. The van der Waals surface area contributed by atoms with Gasteiger partial charge in [0.2, 0.25) is 0 Å². The van der Waals surface area contributed by atoms with Gasteiger partial charge in [-0.15, -0.1) is 0 Å². The van der Waals surface area contributed by atoms with Crippen LogP contribution in [0.25, 0.3) is 5.69 Å². The summed E-state index contributed by atoms with van der Waals surface area (Å²) in [6, 6.07) is 7.80. The molecule has 1 aromatic heterocycles. The number of likely N-dealkylation sites (tertiary alicyclic amines) is 1. The molecule has 2 aliphatic rings. The minimum absolute atomic E-state index is 0.173. The molecule has 2 aromatic rings. The molecule has 1 aliphatic heterocycles. The van der Waals surface area contributed by atoms with Crippen LogP contribution in [0.15, 0.2) is 36.5 Å². The zero-order chi connectivity index (χ0) is 20.1. The zero-order valence-corrected chi connectivity index (χ0v) is 14.5. The van der Waals surface area contributed by atoms with Crippen LogP contribution in [0.3, 0.4) is 0 Å². The fourth-order valence-electron chi connectivity index (χ4n) is 3.70. The number of halogens is 4. The van der Waals surface area contributed by atoms with Crippen LogP contribution >= 0.6 is 0 Å². The molecule has 1 aromatic carbocycles. The number of hydrogen-bond donors (Lipinski definition) is 1. The molecule has 2 fully saturated rings. The van der Waals surface area contributed by atoms with E-state index in [-0.39, 0.29) is 23.6 Å². The summed E-state index contributed by atoms with van der Waals surface area (Å²) in [4.78, 5) is 13.2. The van der Waals surface area contributed by atoms with Crippen molar-refractivity contribution in [3.05, 3.63) is 48.0 Å². The lowest BCUT2D eigenvalue weighted by Crippen LogP contribution is -2.38. The van der Waals surface area contributed by atoms with E-state index < -0.39 is 25.0 Å². The first-order valence-electron chi connectivity index (χ1n) is 8.72. The molecule has 0 spiro atoms. The van der Waals surface area contributed by atoms with Gasteiger partial charge in [0.15, 0.2) is 6.10 Å². The Hall–Kier alpha value is -2.62. The van der Waals surface area contributed by atoms with Gasteiger partial charge >= 0.3 is 12.3 Å². The van der Waals surface area contributed by atoms with Crippen LogP contribution in [0.2, 0.25) is 0 Å². The Morgan fingerprint density at radius 1 is 1.21 bits per heavy atom. The maximum atomic E-state index is 13.0. The van der Waals surface area contributed by atoms with Gasteiger partial charge in [0.25, 0.3) is 0 Å². The second-order valence-electron chi connectivity index (χ2n) is 7.05. The van der Waals surface area contributed by atoms with E-state index in [9.17, 15) is 22.4 Å². The summed E-state index contributed by atoms with van der Waals surface area (Å²) in [5.41, 5.74) is 1.59. The van der Waals surface area contributed by atoms with Gasteiger partial charge in [0, 0.05) is 25.2 Å². The molecule has 1 amide bonds. The molecule has 2 heterocycles. The van der Waals surface area contributed by atoms with Crippen LogP contribution in [0.4, 0.5) is 22.4 Å². The average Bonchev–Trinajstić information content (AvgIpc) is 3.04. The Morgan fingerprint density at radius 3 is 2.46 bits per heavy atom. The van der Waals surface area contributed by atoms with Crippen LogP contribution in [0.5, 0.6) is 0 Å². The van der Waals surface area contributed by atoms with Crippen molar-refractivity contribution < 1.29 is 32.2 Å². The molecule has 4 atom stereocenters. The number of carbonyl (C=O) groups is 1. The topological polar surface area (TPSA) is 67.6 Å². The Bertz CT molecular complexity index is 856. The highest BCUT2D eigenvalue weighted by Crippen LogP contribution is 2.57. The maximum absolute atomic E-state index is 13.0. The van der Waals surface area contributed by atoms with Crippen molar-refractivity contribution in [2.45, 2.75) is 18.2 Å². The second-order valence-corrected chi connectivity index (χ2v) is 7.05. The summed E-state index contributed by atoms with van der Waals surface area (Å²) >= 11 is 0. The van der Waals surface area contributed by atoms with Crippen molar-refractivity contribution in [2.75, 3.05) is 19.7 Å². The normalized spacial score (nSPS) is 24.8. The highest BCUT2D eigenvalue weighted by Gasteiger charge is 2.58. The van der Waals surface area contributed by atoms with Crippen LogP contribution in [0.1, 0.15) is 11.6 Å². The summed E-state index contributed by atoms with van der Waals surface area (Å²) in [7, 11) is 0.